The van der Waals surface area contributed by atoms with Crippen LogP contribution in [0.4, 0.5) is 5.82 Å². The molecular formula is C12H21N3O2. The van der Waals surface area contributed by atoms with E-state index < -0.39 is 6.10 Å². The van der Waals surface area contributed by atoms with Gasteiger partial charge in [-0.15, -0.1) is 0 Å². The van der Waals surface area contributed by atoms with Crippen LogP contribution in [-0.2, 0) is 4.74 Å². The van der Waals surface area contributed by atoms with Gasteiger partial charge in [0.25, 0.3) is 0 Å². The predicted octanol–water partition coefficient (Wildman–Crippen LogP) is 0.545. The van der Waals surface area contributed by atoms with Crippen LogP contribution < -0.4 is 10.6 Å². The number of methoxy groups -OCH3 is 1. The molecule has 0 aliphatic rings. The van der Waals surface area contributed by atoms with E-state index in [0.29, 0.717) is 13.2 Å². The number of rotatable bonds is 6. The van der Waals surface area contributed by atoms with Crippen molar-refractivity contribution in [2.24, 2.45) is 5.73 Å². The predicted molar refractivity (Wildman–Crippen MR) is 68.0 cm³/mol. The first-order valence-corrected chi connectivity index (χ1v) is 5.64. The second-order valence-electron chi connectivity index (χ2n) is 4.23. The van der Waals surface area contributed by atoms with Crippen LogP contribution in [0.2, 0.25) is 0 Å². The number of anilines is 1. The van der Waals surface area contributed by atoms with E-state index in [1.807, 2.05) is 31.0 Å². The van der Waals surface area contributed by atoms with Gasteiger partial charge in [-0.05, 0) is 18.6 Å². The molecule has 0 radical (unpaired) electrons. The van der Waals surface area contributed by atoms with E-state index in [4.69, 9.17) is 10.5 Å². The summed E-state index contributed by atoms with van der Waals surface area (Å²) in [5.41, 5.74) is 6.75. The molecule has 0 spiro atoms. The van der Waals surface area contributed by atoms with Gasteiger partial charge in [-0.1, -0.05) is 6.07 Å². The average molecular weight is 239 g/mol. The van der Waals surface area contributed by atoms with E-state index in [9.17, 15) is 5.11 Å². The average Bonchev–Trinajstić information content (AvgIpc) is 2.29. The van der Waals surface area contributed by atoms with Crippen molar-refractivity contribution < 1.29 is 9.84 Å². The molecular weight excluding hydrogens is 218 g/mol. The minimum absolute atomic E-state index is 0.0130. The smallest absolute Gasteiger partial charge is 0.128 e. The first-order valence-electron chi connectivity index (χ1n) is 5.64. The lowest BCUT2D eigenvalue weighted by molar-refractivity contribution is 0.0694. The maximum atomic E-state index is 9.61. The number of nitrogens with two attached hydrogens (primary N) is 1. The molecule has 0 fully saturated rings. The highest BCUT2D eigenvalue weighted by Gasteiger charge is 2.09. The van der Waals surface area contributed by atoms with E-state index in [-0.39, 0.29) is 6.04 Å². The fraction of sp³-hybridized carbons (Fsp3) is 0.583. The standard InChI is InChI=1S/C12H21N3O2/c1-9(13)10-4-5-12(14-6-10)15(2)7-11(16)8-17-3/h4-6,9,11,16H,7-8,13H2,1-3H3. The molecule has 0 amide bonds. The Balaban J connectivity index is 2.60. The van der Waals surface area contributed by atoms with Crippen molar-refractivity contribution in [2.75, 3.05) is 32.2 Å². The Bertz CT molecular complexity index is 327. The highest BCUT2D eigenvalue weighted by molar-refractivity contribution is 5.38. The third kappa shape index (κ3) is 4.30. The van der Waals surface area contributed by atoms with Gasteiger partial charge < -0.3 is 20.5 Å². The molecule has 0 saturated heterocycles. The second kappa shape index (κ2) is 6.54. The van der Waals surface area contributed by atoms with Crippen molar-refractivity contribution in [1.82, 2.24) is 4.98 Å². The van der Waals surface area contributed by atoms with Crippen molar-refractivity contribution in [1.29, 1.82) is 0 Å². The molecule has 2 atom stereocenters. The van der Waals surface area contributed by atoms with E-state index in [1.54, 1.807) is 13.3 Å². The molecule has 1 aromatic rings. The minimum Gasteiger partial charge on any atom is -0.389 e. The normalized spacial score (nSPS) is 14.4. The van der Waals surface area contributed by atoms with E-state index >= 15 is 0 Å². The number of hydrogen-bond donors (Lipinski definition) is 2. The number of pyridine rings is 1. The summed E-state index contributed by atoms with van der Waals surface area (Å²) in [5.74, 6) is 0.810. The highest BCUT2D eigenvalue weighted by atomic mass is 16.5. The molecule has 17 heavy (non-hydrogen) atoms. The minimum atomic E-state index is -0.514. The number of aromatic nitrogens is 1. The number of hydrogen-bond acceptors (Lipinski definition) is 5. The van der Waals surface area contributed by atoms with Crippen molar-refractivity contribution in [3.63, 3.8) is 0 Å². The molecule has 5 heteroatoms. The summed E-state index contributed by atoms with van der Waals surface area (Å²) < 4.78 is 4.88. The molecule has 3 N–H and O–H groups in total. The molecule has 0 aromatic carbocycles. The zero-order chi connectivity index (χ0) is 12.8. The maximum absolute atomic E-state index is 9.61. The van der Waals surface area contributed by atoms with E-state index in [1.165, 1.54) is 0 Å². The first-order chi connectivity index (χ1) is 8.04. The van der Waals surface area contributed by atoms with Gasteiger partial charge in [0, 0.05) is 32.9 Å². The fourth-order valence-corrected chi connectivity index (χ4v) is 1.55. The summed E-state index contributed by atoms with van der Waals surface area (Å²) in [4.78, 5) is 6.19. The molecule has 5 nitrogen and oxygen atoms in total. The fourth-order valence-electron chi connectivity index (χ4n) is 1.55. The van der Waals surface area contributed by atoms with Crippen LogP contribution in [0.5, 0.6) is 0 Å². The van der Waals surface area contributed by atoms with Crippen LogP contribution in [0.3, 0.4) is 0 Å². The highest BCUT2D eigenvalue weighted by Crippen LogP contribution is 2.13. The molecule has 2 unspecified atom stereocenters. The number of likely N-dealkylation sites (N-methyl/N-ethyl adjacent to an activating group) is 1. The number of aliphatic hydroxyl groups excluding tert-OH is 1. The van der Waals surface area contributed by atoms with Crippen molar-refractivity contribution in [3.8, 4) is 0 Å². The second-order valence-corrected chi connectivity index (χ2v) is 4.23. The van der Waals surface area contributed by atoms with Crippen molar-refractivity contribution in [2.45, 2.75) is 19.1 Å². The van der Waals surface area contributed by atoms with Crippen LogP contribution in [-0.4, -0.2) is 43.5 Å². The Morgan fingerprint density at radius 1 is 1.53 bits per heavy atom. The molecule has 0 saturated carbocycles. The Morgan fingerprint density at radius 3 is 2.71 bits per heavy atom. The third-order valence-electron chi connectivity index (χ3n) is 2.53. The van der Waals surface area contributed by atoms with Crippen LogP contribution in [0.25, 0.3) is 0 Å². The molecule has 0 bridgehead atoms. The molecule has 1 rings (SSSR count). The summed E-state index contributed by atoms with van der Waals surface area (Å²) in [6, 6.07) is 3.84. The van der Waals surface area contributed by atoms with Gasteiger partial charge in [-0.2, -0.15) is 0 Å². The third-order valence-corrected chi connectivity index (χ3v) is 2.53. The lowest BCUT2D eigenvalue weighted by Crippen LogP contribution is -2.32. The van der Waals surface area contributed by atoms with Crippen LogP contribution in [0, 0.1) is 0 Å². The SMILES string of the molecule is COCC(O)CN(C)c1ccc(C(C)N)cn1. The Hall–Kier alpha value is -1.17. The lowest BCUT2D eigenvalue weighted by Gasteiger charge is -2.21. The zero-order valence-corrected chi connectivity index (χ0v) is 10.6. The van der Waals surface area contributed by atoms with Gasteiger partial charge >= 0.3 is 0 Å². The summed E-state index contributed by atoms with van der Waals surface area (Å²) in [5, 5.41) is 9.61. The quantitative estimate of drug-likeness (QED) is 0.758. The Labute approximate surface area is 102 Å². The largest absolute Gasteiger partial charge is 0.389 e. The van der Waals surface area contributed by atoms with Gasteiger partial charge in [0.1, 0.15) is 5.82 Å². The Kier molecular flexibility index (Phi) is 5.34. The van der Waals surface area contributed by atoms with Gasteiger partial charge in [0.05, 0.1) is 12.7 Å². The lowest BCUT2D eigenvalue weighted by atomic mass is 10.1. The maximum Gasteiger partial charge on any atom is 0.128 e. The van der Waals surface area contributed by atoms with Gasteiger partial charge in [-0.25, -0.2) is 4.98 Å². The first kappa shape index (κ1) is 13.9. The van der Waals surface area contributed by atoms with Gasteiger partial charge in [-0.3, -0.25) is 0 Å². The molecule has 1 aromatic heterocycles. The van der Waals surface area contributed by atoms with Crippen LogP contribution in [0.1, 0.15) is 18.5 Å². The zero-order valence-electron chi connectivity index (χ0n) is 10.6. The summed E-state index contributed by atoms with van der Waals surface area (Å²) in [6.45, 7) is 2.73. The Morgan fingerprint density at radius 2 is 2.24 bits per heavy atom. The van der Waals surface area contributed by atoms with E-state index in [0.717, 1.165) is 11.4 Å². The molecule has 0 aliphatic carbocycles. The monoisotopic (exact) mass is 239 g/mol. The summed E-state index contributed by atoms with van der Waals surface area (Å²) in [6.07, 6.45) is 1.25. The van der Waals surface area contributed by atoms with Crippen molar-refractivity contribution in [3.05, 3.63) is 23.9 Å². The molecule has 1 heterocycles. The topological polar surface area (TPSA) is 71.6 Å². The van der Waals surface area contributed by atoms with Gasteiger partial charge in [0.2, 0.25) is 0 Å². The number of ether oxygens (including phenoxy) is 1. The van der Waals surface area contributed by atoms with Crippen LogP contribution in [0.15, 0.2) is 18.3 Å². The van der Waals surface area contributed by atoms with Crippen LogP contribution >= 0.6 is 0 Å². The number of aliphatic hydroxyl groups is 1. The van der Waals surface area contributed by atoms with Crippen molar-refractivity contribution >= 4 is 5.82 Å². The van der Waals surface area contributed by atoms with Gasteiger partial charge in [0.15, 0.2) is 0 Å². The molecule has 96 valence electrons. The molecule has 0 aliphatic heterocycles. The summed E-state index contributed by atoms with van der Waals surface area (Å²) in [7, 11) is 3.45. The summed E-state index contributed by atoms with van der Waals surface area (Å²) >= 11 is 0. The van der Waals surface area contributed by atoms with E-state index in [2.05, 4.69) is 4.98 Å². The number of nitrogens with zero attached hydrogens (tertiary/aromatic N) is 2.